The summed E-state index contributed by atoms with van der Waals surface area (Å²) in [5.41, 5.74) is 3.21. The second-order valence-electron chi connectivity index (χ2n) is 7.56. The zero-order valence-electron chi connectivity index (χ0n) is 15.9. The number of carbonyl (C=O) groups is 1. The van der Waals surface area contributed by atoms with E-state index in [0.717, 1.165) is 30.7 Å². The van der Waals surface area contributed by atoms with E-state index in [1.807, 2.05) is 31.2 Å². The first-order valence-corrected chi connectivity index (χ1v) is 9.58. The summed E-state index contributed by atoms with van der Waals surface area (Å²) in [5, 5.41) is 0. The normalized spacial score (nSPS) is 22.1. The molecule has 0 radical (unpaired) electrons. The van der Waals surface area contributed by atoms with Gasteiger partial charge in [0, 0.05) is 23.6 Å². The Morgan fingerprint density at radius 2 is 1.85 bits per heavy atom. The number of Topliss-reactive ketones (excluding diaryl/α,β-unsaturated/α-hetero) is 1. The molecule has 0 aromatic heterocycles. The molecule has 1 unspecified atom stereocenters. The molecule has 2 aliphatic rings. The van der Waals surface area contributed by atoms with Crippen molar-refractivity contribution in [3.05, 3.63) is 54.1 Å². The number of hydrogen-bond acceptors (Lipinski definition) is 4. The van der Waals surface area contributed by atoms with Crippen molar-refractivity contribution in [1.29, 1.82) is 0 Å². The maximum absolute atomic E-state index is 11.8. The van der Waals surface area contributed by atoms with E-state index >= 15 is 0 Å². The summed E-state index contributed by atoms with van der Waals surface area (Å²) < 4.78 is 11.7. The summed E-state index contributed by atoms with van der Waals surface area (Å²) in [6.45, 7) is 2.56. The Kier molecular flexibility index (Phi) is 4.73. The van der Waals surface area contributed by atoms with E-state index in [-0.39, 0.29) is 17.1 Å². The van der Waals surface area contributed by atoms with Crippen LogP contribution in [0.15, 0.2) is 53.5 Å². The molecular formula is C23H25NO3. The van der Waals surface area contributed by atoms with Gasteiger partial charge in [0.25, 0.3) is 0 Å². The van der Waals surface area contributed by atoms with Crippen molar-refractivity contribution in [2.24, 2.45) is 10.9 Å². The summed E-state index contributed by atoms with van der Waals surface area (Å²) in [5.74, 6) is 1.61. The number of aliphatic imine (C=N–C) groups is 1. The van der Waals surface area contributed by atoms with Crippen LogP contribution in [0, 0.1) is 5.92 Å². The third-order valence-electron chi connectivity index (χ3n) is 5.77. The lowest BCUT2D eigenvalue weighted by Crippen LogP contribution is -2.17. The minimum absolute atomic E-state index is 0.0794. The van der Waals surface area contributed by atoms with Crippen LogP contribution in [0.4, 0.5) is 5.69 Å². The maximum Gasteiger partial charge on any atom is 0.163 e. The van der Waals surface area contributed by atoms with Crippen LogP contribution >= 0.6 is 0 Å². The molecule has 4 rings (SSSR count). The highest BCUT2D eigenvalue weighted by Gasteiger charge is 2.45. The summed E-state index contributed by atoms with van der Waals surface area (Å²) in [7, 11) is 1.65. The fraction of sp³-hybridized carbons (Fsp3) is 0.391. The molecule has 0 spiro atoms. The number of nitrogens with zero attached hydrogens (tertiary/aromatic N) is 1. The van der Waals surface area contributed by atoms with Crippen LogP contribution in [0.25, 0.3) is 0 Å². The first-order chi connectivity index (χ1) is 13.1. The summed E-state index contributed by atoms with van der Waals surface area (Å²) in [6.07, 6.45) is 3.63. The molecule has 27 heavy (non-hydrogen) atoms. The number of ketones is 1. The molecule has 0 heterocycles. The zero-order chi connectivity index (χ0) is 18.9. The van der Waals surface area contributed by atoms with Gasteiger partial charge in [0.05, 0.1) is 25.3 Å². The Morgan fingerprint density at radius 1 is 1.07 bits per heavy atom. The van der Waals surface area contributed by atoms with Crippen molar-refractivity contribution in [2.75, 3.05) is 13.7 Å². The molecule has 2 fully saturated rings. The molecule has 0 N–H and O–H groups in total. The number of methoxy groups -OCH3 is 1. The van der Waals surface area contributed by atoms with Crippen LogP contribution in [0.5, 0.6) is 11.5 Å². The molecule has 1 atom stereocenters. The Labute approximate surface area is 160 Å². The summed E-state index contributed by atoms with van der Waals surface area (Å²) in [6, 6.07) is 16.3. The largest absolute Gasteiger partial charge is 0.493 e. The molecule has 4 nitrogen and oxygen atoms in total. The Balaban J connectivity index is 1.54. The molecular weight excluding hydrogens is 338 g/mol. The summed E-state index contributed by atoms with van der Waals surface area (Å²) >= 11 is 0. The highest BCUT2D eigenvalue weighted by Crippen LogP contribution is 2.49. The van der Waals surface area contributed by atoms with E-state index in [9.17, 15) is 4.79 Å². The van der Waals surface area contributed by atoms with E-state index in [2.05, 4.69) is 24.3 Å². The highest BCUT2D eigenvalue weighted by atomic mass is 16.5. The van der Waals surface area contributed by atoms with Crippen LogP contribution in [0.3, 0.4) is 0 Å². The number of carbonyl (C=O) groups excluding carboxylic acids is 1. The molecule has 2 aliphatic carbocycles. The van der Waals surface area contributed by atoms with E-state index in [0.29, 0.717) is 24.5 Å². The summed E-state index contributed by atoms with van der Waals surface area (Å²) in [4.78, 5) is 16.5. The van der Waals surface area contributed by atoms with Crippen LogP contribution in [-0.4, -0.2) is 25.2 Å². The van der Waals surface area contributed by atoms with Gasteiger partial charge in [-0.25, -0.2) is 0 Å². The Hall–Kier alpha value is -2.62. The minimum atomic E-state index is -0.0794. The molecule has 4 heteroatoms. The molecule has 0 amide bonds. The van der Waals surface area contributed by atoms with Crippen molar-refractivity contribution < 1.29 is 14.3 Å². The molecule has 0 saturated heterocycles. The van der Waals surface area contributed by atoms with Crippen molar-refractivity contribution in [3.63, 3.8) is 0 Å². The molecule has 2 aromatic rings. The highest BCUT2D eigenvalue weighted by molar-refractivity contribution is 6.11. The van der Waals surface area contributed by atoms with Gasteiger partial charge >= 0.3 is 0 Å². The van der Waals surface area contributed by atoms with Crippen molar-refractivity contribution in [3.8, 4) is 11.5 Å². The number of rotatable bonds is 6. The van der Waals surface area contributed by atoms with Gasteiger partial charge in [-0.2, -0.15) is 0 Å². The second-order valence-corrected chi connectivity index (χ2v) is 7.56. The molecule has 2 aromatic carbocycles. The van der Waals surface area contributed by atoms with E-state index < -0.39 is 0 Å². The quantitative estimate of drug-likeness (QED) is 0.735. The number of benzene rings is 2. The zero-order valence-corrected chi connectivity index (χ0v) is 15.9. The van der Waals surface area contributed by atoms with Crippen LogP contribution in [0.2, 0.25) is 0 Å². The average Bonchev–Trinajstić information content (AvgIpc) is 3.44. The predicted octanol–water partition coefficient (Wildman–Crippen LogP) is 4.88. The van der Waals surface area contributed by atoms with E-state index in [1.54, 1.807) is 7.11 Å². The van der Waals surface area contributed by atoms with E-state index in [1.165, 1.54) is 5.56 Å². The average molecular weight is 363 g/mol. The SMILES string of the molecule is COc1ccc(N=C2CCC(=O)C2C)cc1OCC1(c2ccccc2)CC1. The van der Waals surface area contributed by atoms with Crippen LogP contribution in [0.1, 0.15) is 38.2 Å². The monoisotopic (exact) mass is 363 g/mol. The second kappa shape index (κ2) is 7.18. The predicted molar refractivity (Wildman–Crippen MR) is 106 cm³/mol. The van der Waals surface area contributed by atoms with Crippen molar-refractivity contribution in [2.45, 2.75) is 38.0 Å². The van der Waals surface area contributed by atoms with Crippen LogP contribution < -0.4 is 9.47 Å². The number of ether oxygens (including phenoxy) is 2. The van der Waals surface area contributed by atoms with E-state index in [4.69, 9.17) is 14.5 Å². The van der Waals surface area contributed by atoms with Crippen molar-refractivity contribution in [1.82, 2.24) is 0 Å². The molecule has 140 valence electrons. The Morgan fingerprint density at radius 3 is 2.48 bits per heavy atom. The van der Waals surface area contributed by atoms with Crippen LogP contribution in [-0.2, 0) is 10.2 Å². The fourth-order valence-electron chi connectivity index (χ4n) is 3.71. The lowest BCUT2D eigenvalue weighted by atomic mass is 9.97. The van der Waals surface area contributed by atoms with Gasteiger partial charge in [-0.1, -0.05) is 37.3 Å². The molecule has 0 aliphatic heterocycles. The molecule has 0 bridgehead atoms. The van der Waals surface area contributed by atoms with Gasteiger partial charge in [-0.15, -0.1) is 0 Å². The first kappa shape index (κ1) is 17.8. The first-order valence-electron chi connectivity index (χ1n) is 9.58. The third-order valence-corrected chi connectivity index (χ3v) is 5.77. The third kappa shape index (κ3) is 3.61. The lowest BCUT2D eigenvalue weighted by Gasteiger charge is -2.18. The van der Waals surface area contributed by atoms with Gasteiger partial charge < -0.3 is 9.47 Å². The minimum Gasteiger partial charge on any atom is -0.493 e. The fourth-order valence-corrected chi connectivity index (χ4v) is 3.71. The lowest BCUT2D eigenvalue weighted by molar-refractivity contribution is -0.119. The number of hydrogen-bond donors (Lipinski definition) is 0. The topological polar surface area (TPSA) is 47.9 Å². The van der Waals surface area contributed by atoms with Gasteiger partial charge in [0.15, 0.2) is 11.5 Å². The Bertz CT molecular complexity index is 868. The van der Waals surface area contributed by atoms with Gasteiger partial charge in [-0.3, -0.25) is 9.79 Å². The van der Waals surface area contributed by atoms with Crippen molar-refractivity contribution >= 4 is 17.2 Å². The standard InChI is InChI=1S/C23H25NO3/c1-16-19(9-10-20(16)25)24-18-8-11-21(26-2)22(14-18)27-15-23(12-13-23)17-6-4-3-5-7-17/h3-8,11,14,16H,9-10,12-13,15H2,1-2H3. The smallest absolute Gasteiger partial charge is 0.163 e. The van der Waals surface area contributed by atoms with Gasteiger partial charge in [0.1, 0.15) is 5.78 Å². The molecule has 2 saturated carbocycles. The van der Waals surface area contributed by atoms with Gasteiger partial charge in [-0.05, 0) is 37.0 Å². The maximum atomic E-state index is 11.8. The van der Waals surface area contributed by atoms with Gasteiger partial charge in [0.2, 0.25) is 0 Å².